The number of aromatic nitrogens is 2. The van der Waals surface area contributed by atoms with Gasteiger partial charge in [-0.1, -0.05) is 29.4 Å². The zero-order valence-corrected chi connectivity index (χ0v) is 9.13. The standard InChI is InChI=1S/C13H11N3O/c14-6-10-5-13(16-17-10)12-8-15-7-9-3-1-2-4-11(9)12/h1-5,7-8H,6,14H2. The van der Waals surface area contributed by atoms with Crippen LogP contribution in [0.25, 0.3) is 22.0 Å². The van der Waals surface area contributed by atoms with Crippen LogP contribution in [0, 0.1) is 0 Å². The zero-order valence-electron chi connectivity index (χ0n) is 9.13. The molecule has 4 heteroatoms. The molecule has 0 amide bonds. The van der Waals surface area contributed by atoms with Crippen LogP contribution in [0.1, 0.15) is 5.76 Å². The Labute approximate surface area is 98.1 Å². The molecule has 2 heterocycles. The number of rotatable bonds is 2. The van der Waals surface area contributed by atoms with Gasteiger partial charge in [0.15, 0.2) is 5.76 Å². The number of fused-ring (bicyclic) bond motifs is 1. The fraction of sp³-hybridized carbons (Fsp3) is 0.0769. The number of hydrogen-bond donors (Lipinski definition) is 1. The molecule has 3 aromatic rings. The van der Waals surface area contributed by atoms with E-state index in [1.807, 2.05) is 36.5 Å². The Morgan fingerprint density at radius 2 is 2.06 bits per heavy atom. The molecule has 1 aromatic carbocycles. The Kier molecular flexibility index (Phi) is 2.34. The van der Waals surface area contributed by atoms with Crippen molar-refractivity contribution in [1.82, 2.24) is 10.1 Å². The van der Waals surface area contributed by atoms with E-state index in [-0.39, 0.29) is 0 Å². The van der Waals surface area contributed by atoms with Crippen LogP contribution in [0.2, 0.25) is 0 Å². The maximum Gasteiger partial charge on any atom is 0.150 e. The summed E-state index contributed by atoms with van der Waals surface area (Å²) in [6, 6.07) is 9.90. The summed E-state index contributed by atoms with van der Waals surface area (Å²) in [5, 5.41) is 6.21. The van der Waals surface area contributed by atoms with Crippen molar-refractivity contribution >= 4 is 10.8 Å². The van der Waals surface area contributed by atoms with Gasteiger partial charge in [0.25, 0.3) is 0 Å². The number of nitrogens with zero attached hydrogens (tertiary/aromatic N) is 2. The molecule has 17 heavy (non-hydrogen) atoms. The normalized spacial score (nSPS) is 10.9. The van der Waals surface area contributed by atoms with Crippen molar-refractivity contribution in [2.45, 2.75) is 6.54 Å². The number of benzene rings is 1. The predicted molar refractivity (Wildman–Crippen MR) is 65.1 cm³/mol. The van der Waals surface area contributed by atoms with Gasteiger partial charge in [-0.2, -0.15) is 0 Å². The average Bonchev–Trinajstić information content (AvgIpc) is 2.87. The molecule has 0 saturated carbocycles. The van der Waals surface area contributed by atoms with Crippen LogP contribution in [0.3, 0.4) is 0 Å². The van der Waals surface area contributed by atoms with Gasteiger partial charge in [-0.3, -0.25) is 4.98 Å². The summed E-state index contributed by atoms with van der Waals surface area (Å²) in [6.07, 6.45) is 3.63. The molecule has 2 N–H and O–H groups in total. The van der Waals surface area contributed by atoms with Crippen LogP contribution >= 0.6 is 0 Å². The highest BCUT2D eigenvalue weighted by atomic mass is 16.5. The highest BCUT2D eigenvalue weighted by Crippen LogP contribution is 2.26. The Balaban J connectivity index is 2.23. The molecule has 0 unspecified atom stereocenters. The number of pyridine rings is 1. The molecule has 3 rings (SSSR count). The van der Waals surface area contributed by atoms with Gasteiger partial charge in [-0.05, 0) is 5.39 Å². The Morgan fingerprint density at radius 3 is 2.88 bits per heavy atom. The Hall–Kier alpha value is -2.20. The van der Waals surface area contributed by atoms with Gasteiger partial charge in [0.1, 0.15) is 5.69 Å². The zero-order chi connectivity index (χ0) is 11.7. The highest BCUT2D eigenvalue weighted by molar-refractivity contribution is 5.94. The third-order valence-electron chi connectivity index (χ3n) is 2.70. The highest BCUT2D eigenvalue weighted by Gasteiger charge is 2.09. The van der Waals surface area contributed by atoms with Crippen molar-refractivity contribution in [2.75, 3.05) is 0 Å². The second-order valence-corrected chi connectivity index (χ2v) is 3.79. The lowest BCUT2D eigenvalue weighted by atomic mass is 10.1. The van der Waals surface area contributed by atoms with Crippen molar-refractivity contribution in [2.24, 2.45) is 5.73 Å². The van der Waals surface area contributed by atoms with Crippen molar-refractivity contribution in [3.05, 3.63) is 48.5 Å². The van der Waals surface area contributed by atoms with E-state index in [0.717, 1.165) is 22.0 Å². The first-order chi connectivity index (χ1) is 8.38. The molecule has 84 valence electrons. The van der Waals surface area contributed by atoms with Crippen LogP contribution in [0.5, 0.6) is 0 Å². The van der Waals surface area contributed by atoms with Gasteiger partial charge >= 0.3 is 0 Å². The third-order valence-corrected chi connectivity index (χ3v) is 2.70. The number of nitrogens with two attached hydrogens (primary N) is 1. The summed E-state index contributed by atoms with van der Waals surface area (Å²) in [4.78, 5) is 4.21. The smallest absolute Gasteiger partial charge is 0.150 e. The summed E-state index contributed by atoms with van der Waals surface area (Å²) >= 11 is 0. The molecule has 0 fully saturated rings. The molecule has 4 nitrogen and oxygen atoms in total. The first-order valence-corrected chi connectivity index (χ1v) is 5.37. The molecule has 0 bridgehead atoms. The van der Waals surface area contributed by atoms with E-state index in [1.165, 1.54) is 0 Å². The third kappa shape index (κ3) is 1.68. The summed E-state index contributed by atoms with van der Waals surface area (Å²) < 4.78 is 5.11. The van der Waals surface area contributed by atoms with Crippen molar-refractivity contribution in [1.29, 1.82) is 0 Å². The molecule has 0 spiro atoms. The second-order valence-electron chi connectivity index (χ2n) is 3.79. The van der Waals surface area contributed by atoms with Crippen LogP contribution < -0.4 is 5.73 Å². The SMILES string of the molecule is NCc1cc(-c2cncc3ccccc23)no1. The molecular formula is C13H11N3O. The van der Waals surface area contributed by atoms with Crippen molar-refractivity contribution in [3.8, 4) is 11.3 Å². The monoisotopic (exact) mass is 225 g/mol. The molecule has 0 aliphatic carbocycles. The minimum Gasteiger partial charge on any atom is -0.359 e. The van der Waals surface area contributed by atoms with Crippen LogP contribution in [-0.4, -0.2) is 10.1 Å². The van der Waals surface area contributed by atoms with E-state index in [4.69, 9.17) is 10.3 Å². The summed E-state index contributed by atoms with van der Waals surface area (Å²) in [5.41, 5.74) is 7.24. The van der Waals surface area contributed by atoms with E-state index in [1.54, 1.807) is 6.20 Å². The first kappa shape index (κ1) is 9.99. The lowest BCUT2D eigenvalue weighted by Crippen LogP contribution is -1.92. The van der Waals surface area contributed by atoms with Gasteiger partial charge in [-0.15, -0.1) is 0 Å². The molecule has 2 aromatic heterocycles. The maximum absolute atomic E-state index is 5.50. The lowest BCUT2D eigenvalue weighted by molar-refractivity contribution is 0.387. The molecule has 0 radical (unpaired) electrons. The Bertz CT molecular complexity index is 655. The van der Waals surface area contributed by atoms with E-state index in [9.17, 15) is 0 Å². The maximum atomic E-state index is 5.50. The van der Waals surface area contributed by atoms with Crippen LogP contribution in [0.15, 0.2) is 47.2 Å². The average molecular weight is 225 g/mol. The fourth-order valence-corrected chi connectivity index (χ4v) is 1.86. The van der Waals surface area contributed by atoms with E-state index in [0.29, 0.717) is 12.3 Å². The molecule has 0 aliphatic heterocycles. The number of hydrogen-bond acceptors (Lipinski definition) is 4. The van der Waals surface area contributed by atoms with Crippen LogP contribution in [0.4, 0.5) is 0 Å². The van der Waals surface area contributed by atoms with Gasteiger partial charge < -0.3 is 10.3 Å². The van der Waals surface area contributed by atoms with Gasteiger partial charge in [0, 0.05) is 29.4 Å². The quantitative estimate of drug-likeness (QED) is 0.727. The second kappa shape index (κ2) is 3.99. The van der Waals surface area contributed by atoms with E-state index in [2.05, 4.69) is 10.1 Å². The van der Waals surface area contributed by atoms with Gasteiger partial charge in [0.2, 0.25) is 0 Å². The fourth-order valence-electron chi connectivity index (χ4n) is 1.86. The molecule has 0 aliphatic rings. The molecule has 0 saturated heterocycles. The topological polar surface area (TPSA) is 64.9 Å². The van der Waals surface area contributed by atoms with Gasteiger partial charge in [-0.25, -0.2) is 0 Å². The Morgan fingerprint density at radius 1 is 1.18 bits per heavy atom. The molecule has 0 atom stereocenters. The van der Waals surface area contributed by atoms with Crippen molar-refractivity contribution < 1.29 is 4.52 Å². The minimum absolute atomic E-state index is 0.352. The summed E-state index contributed by atoms with van der Waals surface area (Å²) in [7, 11) is 0. The van der Waals surface area contributed by atoms with Gasteiger partial charge in [0.05, 0.1) is 6.54 Å². The molecular weight excluding hydrogens is 214 g/mol. The van der Waals surface area contributed by atoms with E-state index < -0.39 is 0 Å². The minimum atomic E-state index is 0.352. The first-order valence-electron chi connectivity index (χ1n) is 5.37. The summed E-state index contributed by atoms with van der Waals surface area (Å²) in [5.74, 6) is 0.674. The van der Waals surface area contributed by atoms with E-state index >= 15 is 0 Å². The van der Waals surface area contributed by atoms with Crippen LogP contribution in [-0.2, 0) is 6.54 Å². The lowest BCUT2D eigenvalue weighted by Gasteiger charge is -2.01. The summed E-state index contributed by atoms with van der Waals surface area (Å²) in [6.45, 7) is 0.352. The largest absolute Gasteiger partial charge is 0.359 e. The predicted octanol–water partition coefficient (Wildman–Crippen LogP) is 2.35. The van der Waals surface area contributed by atoms with Crippen molar-refractivity contribution in [3.63, 3.8) is 0 Å².